The molecule has 1 atom stereocenters. The molecule has 1 N–H and O–H groups in total. The van der Waals surface area contributed by atoms with Crippen molar-refractivity contribution in [1.29, 1.82) is 0 Å². The molecule has 3 rings (SSSR count). The summed E-state index contributed by atoms with van der Waals surface area (Å²) >= 11 is 1.35. The smallest absolute Gasteiger partial charge is 0.257 e. The molecule has 1 aromatic heterocycles. The number of rotatable bonds is 9. The van der Waals surface area contributed by atoms with Crippen molar-refractivity contribution in [3.05, 3.63) is 76.5 Å². The second-order valence-corrected chi connectivity index (χ2v) is 7.47. The first-order valence-corrected chi connectivity index (χ1v) is 10.4. The summed E-state index contributed by atoms with van der Waals surface area (Å²) in [5, 5.41) is 5.11. The average Bonchev–Trinajstić information content (AvgIpc) is 3.26. The second-order valence-electron chi connectivity index (χ2n) is 6.57. The molecule has 5 nitrogen and oxygen atoms in total. The summed E-state index contributed by atoms with van der Waals surface area (Å²) in [6.07, 6.45) is 5.99. The lowest BCUT2D eigenvalue weighted by Crippen LogP contribution is -2.21. The van der Waals surface area contributed by atoms with Gasteiger partial charge in [-0.2, -0.15) is 0 Å². The molecule has 0 aliphatic carbocycles. The van der Waals surface area contributed by atoms with E-state index < -0.39 is 0 Å². The number of hydrogen-bond donors (Lipinski definition) is 1. The van der Waals surface area contributed by atoms with E-state index in [9.17, 15) is 9.18 Å². The highest BCUT2D eigenvalue weighted by Crippen LogP contribution is 2.23. The third kappa shape index (κ3) is 6.23. The molecule has 1 amide bonds. The number of anilines is 1. The first-order chi connectivity index (χ1) is 14.6. The van der Waals surface area contributed by atoms with E-state index in [1.807, 2.05) is 25.1 Å². The third-order valence-electron chi connectivity index (χ3n) is 4.29. The van der Waals surface area contributed by atoms with Gasteiger partial charge in [0.2, 0.25) is 0 Å². The highest BCUT2D eigenvalue weighted by molar-refractivity contribution is 7.13. The van der Waals surface area contributed by atoms with Crippen molar-refractivity contribution in [2.24, 2.45) is 0 Å². The van der Waals surface area contributed by atoms with Crippen LogP contribution in [-0.2, 0) is 4.74 Å². The SMILES string of the molecule is CCC(COC)Oc1cc(C=Cc2ccc(F)cc2)cc(C(=O)Nc2nccs2)c1. The monoisotopic (exact) mass is 426 g/mol. The highest BCUT2D eigenvalue weighted by Gasteiger charge is 2.13. The molecule has 0 fully saturated rings. The quantitative estimate of drug-likeness (QED) is 0.459. The fourth-order valence-corrected chi connectivity index (χ4v) is 3.28. The van der Waals surface area contributed by atoms with Crippen LogP contribution in [-0.4, -0.2) is 30.7 Å². The molecule has 0 bridgehead atoms. The molecule has 156 valence electrons. The van der Waals surface area contributed by atoms with E-state index in [0.717, 1.165) is 17.5 Å². The second kappa shape index (κ2) is 10.7. The molecular weight excluding hydrogens is 403 g/mol. The van der Waals surface area contributed by atoms with E-state index in [1.54, 1.807) is 43.0 Å². The van der Waals surface area contributed by atoms with E-state index in [-0.39, 0.29) is 17.8 Å². The van der Waals surface area contributed by atoms with Crippen molar-refractivity contribution >= 4 is 34.5 Å². The lowest BCUT2D eigenvalue weighted by Gasteiger charge is -2.17. The van der Waals surface area contributed by atoms with Gasteiger partial charge in [0.15, 0.2) is 5.13 Å². The van der Waals surface area contributed by atoms with Gasteiger partial charge in [-0.1, -0.05) is 31.2 Å². The summed E-state index contributed by atoms with van der Waals surface area (Å²) < 4.78 is 24.4. The van der Waals surface area contributed by atoms with Crippen molar-refractivity contribution < 1.29 is 18.7 Å². The van der Waals surface area contributed by atoms with Crippen LogP contribution in [0.4, 0.5) is 9.52 Å². The van der Waals surface area contributed by atoms with Crippen LogP contribution in [0.3, 0.4) is 0 Å². The number of hydrogen-bond acceptors (Lipinski definition) is 5. The van der Waals surface area contributed by atoms with Gasteiger partial charge in [-0.25, -0.2) is 9.37 Å². The lowest BCUT2D eigenvalue weighted by molar-refractivity contribution is 0.0786. The topological polar surface area (TPSA) is 60.5 Å². The molecular formula is C23H23FN2O3S. The first-order valence-electron chi connectivity index (χ1n) is 9.52. The predicted molar refractivity (Wildman–Crippen MR) is 118 cm³/mol. The molecule has 0 aliphatic rings. The number of halogens is 1. The zero-order valence-electron chi connectivity index (χ0n) is 16.8. The van der Waals surface area contributed by atoms with Crippen molar-refractivity contribution in [1.82, 2.24) is 4.98 Å². The molecule has 1 heterocycles. The molecule has 2 aromatic carbocycles. The summed E-state index contributed by atoms with van der Waals surface area (Å²) in [6, 6.07) is 11.5. The van der Waals surface area contributed by atoms with Crippen LogP contribution in [0.15, 0.2) is 54.0 Å². The minimum Gasteiger partial charge on any atom is -0.488 e. The van der Waals surface area contributed by atoms with Gasteiger partial charge in [-0.05, 0) is 47.9 Å². The predicted octanol–water partition coefficient (Wildman–Crippen LogP) is 5.51. The molecule has 7 heteroatoms. The summed E-state index contributed by atoms with van der Waals surface area (Å²) in [7, 11) is 1.63. The number of ether oxygens (including phenoxy) is 2. The summed E-state index contributed by atoms with van der Waals surface area (Å²) in [4.78, 5) is 16.8. The van der Waals surface area contributed by atoms with Gasteiger partial charge in [0.25, 0.3) is 5.91 Å². The number of thiazole rings is 1. The zero-order valence-corrected chi connectivity index (χ0v) is 17.6. The maximum absolute atomic E-state index is 13.1. The number of aromatic nitrogens is 1. The molecule has 0 aliphatic heterocycles. The first kappa shape index (κ1) is 21.7. The number of methoxy groups -OCH3 is 1. The van der Waals surface area contributed by atoms with Crippen LogP contribution in [0.25, 0.3) is 12.2 Å². The van der Waals surface area contributed by atoms with Crippen LogP contribution in [0.2, 0.25) is 0 Å². The van der Waals surface area contributed by atoms with Crippen LogP contribution >= 0.6 is 11.3 Å². The van der Waals surface area contributed by atoms with E-state index in [2.05, 4.69) is 10.3 Å². The van der Waals surface area contributed by atoms with Gasteiger partial charge in [0.05, 0.1) is 6.61 Å². The van der Waals surface area contributed by atoms with E-state index in [0.29, 0.717) is 23.1 Å². The normalized spacial score (nSPS) is 12.1. The highest BCUT2D eigenvalue weighted by atomic mass is 32.1. The number of nitrogens with one attached hydrogen (secondary N) is 1. The molecule has 0 saturated heterocycles. The Labute approximate surface area is 179 Å². The summed E-state index contributed by atoms with van der Waals surface area (Å²) in [5.74, 6) is 0.0171. The number of carbonyl (C=O) groups excluding carboxylic acids is 1. The minimum atomic E-state index is -0.285. The van der Waals surface area contributed by atoms with Crippen molar-refractivity contribution in [2.45, 2.75) is 19.4 Å². The van der Waals surface area contributed by atoms with Crippen LogP contribution in [0.5, 0.6) is 5.75 Å². The summed E-state index contributed by atoms with van der Waals surface area (Å²) in [6.45, 7) is 2.46. The molecule has 30 heavy (non-hydrogen) atoms. The van der Waals surface area contributed by atoms with Crippen molar-refractivity contribution in [3.8, 4) is 5.75 Å². The van der Waals surface area contributed by atoms with Gasteiger partial charge >= 0.3 is 0 Å². The Balaban J connectivity index is 1.88. The number of carbonyl (C=O) groups is 1. The minimum absolute atomic E-state index is 0.124. The lowest BCUT2D eigenvalue weighted by atomic mass is 10.1. The number of amides is 1. The van der Waals surface area contributed by atoms with Gasteiger partial charge in [-0.3, -0.25) is 10.1 Å². The van der Waals surface area contributed by atoms with E-state index in [1.165, 1.54) is 23.5 Å². The zero-order chi connectivity index (χ0) is 21.3. The third-order valence-corrected chi connectivity index (χ3v) is 4.98. The van der Waals surface area contributed by atoms with Crippen LogP contribution in [0, 0.1) is 5.82 Å². The molecule has 1 unspecified atom stereocenters. The average molecular weight is 427 g/mol. The van der Waals surface area contributed by atoms with Gasteiger partial charge < -0.3 is 9.47 Å². The van der Waals surface area contributed by atoms with E-state index >= 15 is 0 Å². The van der Waals surface area contributed by atoms with Gasteiger partial charge in [0, 0.05) is 24.3 Å². The maximum atomic E-state index is 13.1. The Bertz CT molecular complexity index is 988. The van der Waals surface area contributed by atoms with E-state index in [4.69, 9.17) is 9.47 Å². The Hall–Kier alpha value is -3.03. The van der Waals surface area contributed by atoms with Crippen LogP contribution < -0.4 is 10.1 Å². The Morgan fingerprint density at radius 2 is 1.97 bits per heavy atom. The molecule has 3 aromatic rings. The number of nitrogens with zero attached hydrogens (tertiary/aromatic N) is 1. The Morgan fingerprint density at radius 3 is 2.63 bits per heavy atom. The van der Waals surface area contributed by atoms with Crippen LogP contribution in [0.1, 0.15) is 34.8 Å². The fourth-order valence-electron chi connectivity index (χ4n) is 2.75. The maximum Gasteiger partial charge on any atom is 0.257 e. The molecule has 0 saturated carbocycles. The molecule has 0 spiro atoms. The van der Waals surface area contributed by atoms with Crippen molar-refractivity contribution in [2.75, 3.05) is 19.0 Å². The van der Waals surface area contributed by atoms with Gasteiger partial charge in [-0.15, -0.1) is 11.3 Å². The summed E-state index contributed by atoms with van der Waals surface area (Å²) in [5.41, 5.74) is 2.09. The number of benzene rings is 2. The molecule has 0 radical (unpaired) electrons. The fraction of sp³-hybridized carbons (Fsp3) is 0.217. The Kier molecular flexibility index (Phi) is 7.70. The standard InChI is InChI=1S/C23H23FN2O3S/c1-3-20(15-28-2)29-21-13-17(5-4-16-6-8-19(24)9-7-16)12-18(14-21)22(27)26-23-25-10-11-30-23/h4-14,20H,3,15H2,1-2H3,(H,25,26,27). The van der Waals surface area contributed by atoms with Crippen molar-refractivity contribution in [3.63, 3.8) is 0 Å². The van der Waals surface area contributed by atoms with Gasteiger partial charge in [0.1, 0.15) is 17.7 Å². The Morgan fingerprint density at radius 1 is 1.20 bits per heavy atom. The largest absolute Gasteiger partial charge is 0.488 e.